The lowest BCUT2D eigenvalue weighted by Crippen LogP contribution is -2.28. The number of benzene rings is 1. The van der Waals surface area contributed by atoms with Crippen LogP contribution < -0.4 is 29.2 Å². The maximum Gasteiger partial charge on any atom is 0.231 e. The summed E-state index contributed by atoms with van der Waals surface area (Å²) >= 11 is 0. The molecule has 1 aromatic heterocycles. The SMILES string of the molecule is COc1cccnc1NC(=O)C1CC(=O)N(c2cc(OC)c(OC)c(OC)c2)C1. The first-order chi connectivity index (χ1) is 14.0. The highest BCUT2D eigenvalue weighted by Gasteiger charge is 2.36. The molecular formula is C20H23N3O6. The van der Waals surface area contributed by atoms with Gasteiger partial charge in [0.15, 0.2) is 23.1 Å². The van der Waals surface area contributed by atoms with Gasteiger partial charge >= 0.3 is 0 Å². The van der Waals surface area contributed by atoms with Gasteiger partial charge in [-0.3, -0.25) is 9.59 Å². The van der Waals surface area contributed by atoms with E-state index in [1.165, 1.54) is 33.3 Å². The summed E-state index contributed by atoms with van der Waals surface area (Å²) in [7, 11) is 6.01. The Hall–Kier alpha value is -3.49. The highest BCUT2D eigenvalue weighted by molar-refractivity contribution is 6.03. The number of nitrogens with zero attached hydrogens (tertiary/aromatic N) is 2. The van der Waals surface area contributed by atoms with Crippen molar-refractivity contribution in [2.45, 2.75) is 6.42 Å². The fourth-order valence-electron chi connectivity index (χ4n) is 3.22. The number of carbonyl (C=O) groups is 2. The third kappa shape index (κ3) is 4.03. The zero-order valence-electron chi connectivity index (χ0n) is 16.7. The van der Waals surface area contributed by atoms with E-state index in [0.29, 0.717) is 34.5 Å². The highest BCUT2D eigenvalue weighted by Crippen LogP contribution is 2.42. The number of hydrogen-bond donors (Lipinski definition) is 1. The Morgan fingerprint density at radius 3 is 2.31 bits per heavy atom. The molecule has 1 aliphatic rings. The van der Waals surface area contributed by atoms with Gasteiger partial charge < -0.3 is 29.2 Å². The van der Waals surface area contributed by atoms with E-state index in [1.54, 1.807) is 30.5 Å². The zero-order valence-corrected chi connectivity index (χ0v) is 16.7. The second-order valence-electron chi connectivity index (χ2n) is 6.33. The molecule has 1 N–H and O–H groups in total. The van der Waals surface area contributed by atoms with Crippen LogP contribution in [-0.2, 0) is 9.59 Å². The van der Waals surface area contributed by atoms with Gasteiger partial charge in [0.2, 0.25) is 17.6 Å². The molecule has 2 aromatic rings. The average Bonchev–Trinajstić information content (AvgIpc) is 3.14. The van der Waals surface area contributed by atoms with Crippen molar-refractivity contribution < 1.29 is 28.5 Å². The molecule has 1 saturated heterocycles. The predicted molar refractivity (Wildman–Crippen MR) is 106 cm³/mol. The van der Waals surface area contributed by atoms with Crippen molar-refractivity contribution in [2.24, 2.45) is 5.92 Å². The maximum absolute atomic E-state index is 12.7. The van der Waals surface area contributed by atoms with E-state index >= 15 is 0 Å². The molecule has 3 rings (SSSR count). The van der Waals surface area contributed by atoms with E-state index in [9.17, 15) is 9.59 Å². The van der Waals surface area contributed by atoms with Crippen molar-refractivity contribution in [3.63, 3.8) is 0 Å². The Kier molecular flexibility index (Phi) is 6.06. The molecule has 0 aliphatic carbocycles. The van der Waals surface area contributed by atoms with Crippen molar-refractivity contribution in [2.75, 3.05) is 45.2 Å². The molecule has 0 bridgehead atoms. The monoisotopic (exact) mass is 401 g/mol. The van der Waals surface area contributed by atoms with Crippen LogP contribution in [0, 0.1) is 5.92 Å². The minimum absolute atomic E-state index is 0.0810. The lowest BCUT2D eigenvalue weighted by Gasteiger charge is -2.20. The van der Waals surface area contributed by atoms with Crippen LogP contribution in [0.25, 0.3) is 0 Å². The maximum atomic E-state index is 12.7. The van der Waals surface area contributed by atoms with E-state index in [2.05, 4.69) is 10.3 Å². The zero-order chi connectivity index (χ0) is 21.0. The molecule has 0 spiro atoms. The Morgan fingerprint density at radius 2 is 1.72 bits per heavy atom. The van der Waals surface area contributed by atoms with Crippen molar-refractivity contribution in [1.82, 2.24) is 4.98 Å². The van der Waals surface area contributed by atoms with Crippen LogP contribution in [0.3, 0.4) is 0 Å². The van der Waals surface area contributed by atoms with Crippen LogP contribution in [0.15, 0.2) is 30.5 Å². The van der Waals surface area contributed by atoms with Crippen LogP contribution in [0.2, 0.25) is 0 Å². The summed E-state index contributed by atoms with van der Waals surface area (Å²) < 4.78 is 21.2. The molecule has 1 aromatic carbocycles. The normalized spacial score (nSPS) is 15.8. The molecule has 154 valence electrons. The second kappa shape index (κ2) is 8.68. The largest absolute Gasteiger partial charge is 0.493 e. The summed E-state index contributed by atoms with van der Waals surface area (Å²) in [6, 6.07) is 6.77. The number of anilines is 2. The number of carbonyl (C=O) groups excluding carboxylic acids is 2. The van der Waals surface area contributed by atoms with Crippen LogP contribution in [0.1, 0.15) is 6.42 Å². The molecule has 1 aliphatic heterocycles. The number of methoxy groups -OCH3 is 4. The van der Waals surface area contributed by atoms with E-state index in [-0.39, 0.29) is 24.8 Å². The Balaban J connectivity index is 1.80. The molecule has 1 unspecified atom stereocenters. The van der Waals surface area contributed by atoms with Crippen molar-refractivity contribution in [3.05, 3.63) is 30.5 Å². The molecule has 29 heavy (non-hydrogen) atoms. The van der Waals surface area contributed by atoms with Gasteiger partial charge in [-0.15, -0.1) is 0 Å². The summed E-state index contributed by atoms with van der Waals surface area (Å²) in [6.45, 7) is 0.221. The van der Waals surface area contributed by atoms with E-state index in [1.807, 2.05) is 0 Å². The first kappa shape index (κ1) is 20.2. The fraction of sp³-hybridized carbons (Fsp3) is 0.350. The molecule has 1 fully saturated rings. The number of rotatable bonds is 7. The number of hydrogen-bond acceptors (Lipinski definition) is 7. The summed E-state index contributed by atoms with van der Waals surface area (Å²) in [5.41, 5.74) is 0.565. The molecule has 2 heterocycles. The third-order valence-corrected chi connectivity index (χ3v) is 4.69. The number of aromatic nitrogens is 1. The van der Waals surface area contributed by atoms with Gasteiger partial charge in [-0.1, -0.05) is 0 Å². The molecular weight excluding hydrogens is 378 g/mol. The molecule has 2 amide bonds. The van der Waals surface area contributed by atoms with Gasteiger partial charge in [-0.2, -0.15) is 0 Å². The minimum Gasteiger partial charge on any atom is -0.493 e. The van der Waals surface area contributed by atoms with Gasteiger partial charge in [0, 0.05) is 31.3 Å². The molecule has 1 atom stereocenters. The lowest BCUT2D eigenvalue weighted by atomic mass is 10.1. The molecule has 9 heteroatoms. The van der Waals surface area contributed by atoms with Crippen molar-refractivity contribution in [3.8, 4) is 23.0 Å². The Labute approximate surface area is 168 Å². The van der Waals surface area contributed by atoms with Crippen LogP contribution in [-0.4, -0.2) is 51.8 Å². The quantitative estimate of drug-likeness (QED) is 0.758. The molecule has 0 saturated carbocycles. The second-order valence-corrected chi connectivity index (χ2v) is 6.33. The average molecular weight is 401 g/mol. The fourth-order valence-corrected chi connectivity index (χ4v) is 3.22. The predicted octanol–water partition coefficient (Wildman–Crippen LogP) is 2.11. The summed E-state index contributed by atoms with van der Waals surface area (Å²) in [5, 5.41) is 2.74. The minimum atomic E-state index is -0.534. The first-order valence-corrected chi connectivity index (χ1v) is 8.92. The molecule has 9 nitrogen and oxygen atoms in total. The van der Waals surface area contributed by atoms with Gasteiger partial charge in [-0.05, 0) is 12.1 Å². The smallest absolute Gasteiger partial charge is 0.231 e. The van der Waals surface area contributed by atoms with E-state index < -0.39 is 5.92 Å². The highest BCUT2D eigenvalue weighted by atomic mass is 16.5. The van der Waals surface area contributed by atoms with Crippen molar-refractivity contribution >= 4 is 23.3 Å². The van der Waals surface area contributed by atoms with Gasteiger partial charge in [-0.25, -0.2) is 4.98 Å². The van der Waals surface area contributed by atoms with Gasteiger partial charge in [0.1, 0.15) is 0 Å². The van der Waals surface area contributed by atoms with Gasteiger partial charge in [0.25, 0.3) is 0 Å². The first-order valence-electron chi connectivity index (χ1n) is 8.92. The van der Waals surface area contributed by atoms with E-state index in [4.69, 9.17) is 18.9 Å². The number of amides is 2. The van der Waals surface area contributed by atoms with Crippen molar-refractivity contribution in [1.29, 1.82) is 0 Å². The van der Waals surface area contributed by atoms with Crippen LogP contribution in [0.5, 0.6) is 23.0 Å². The summed E-state index contributed by atoms with van der Waals surface area (Å²) in [5.74, 6) is 1.06. The number of nitrogens with one attached hydrogen (secondary N) is 1. The van der Waals surface area contributed by atoms with Crippen LogP contribution in [0.4, 0.5) is 11.5 Å². The summed E-state index contributed by atoms with van der Waals surface area (Å²) in [6.07, 6.45) is 1.64. The Morgan fingerprint density at radius 1 is 1.07 bits per heavy atom. The third-order valence-electron chi connectivity index (χ3n) is 4.69. The lowest BCUT2D eigenvalue weighted by molar-refractivity contribution is -0.122. The Bertz CT molecular complexity index is 892. The standard InChI is InChI=1S/C20H23N3O6/c1-26-14-6-5-7-21-19(14)22-20(25)12-8-17(24)23(11-12)13-9-15(27-2)18(29-4)16(10-13)28-3/h5-7,9-10,12H,8,11H2,1-4H3,(H,21,22,25). The topological polar surface area (TPSA) is 99.2 Å². The number of pyridine rings is 1. The molecule has 0 radical (unpaired) electrons. The van der Waals surface area contributed by atoms with Gasteiger partial charge in [0.05, 0.1) is 40.0 Å². The van der Waals surface area contributed by atoms with Crippen LogP contribution >= 0.6 is 0 Å². The number of ether oxygens (including phenoxy) is 4. The summed E-state index contributed by atoms with van der Waals surface area (Å²) in [4.78, 5) is 31.0. The van der Waals surface area contributed by atoms with E-state index in [0.717, 1.165) is 0 Å².